The topological polar surface area (TPSA) is 201 Å². The summed E-state index contributed by atoms with van der Waals surface area (Å²) in [5.74, 6) is -3.16. The van der Waals surface area contributed by atoms with Gasteiger partial charge in [0.25, 0.3) is 0 Å². The summed E-state index contributed by atoms with van der Waals surface area (Å²) in [4.78, 5) is 52.3. The maximum atomic E-state index is 13.0. The van der Waals surface area contributed by atoms with Crippen LogP contribution >= 0.6 is 0 Å². The minimum atomic E-state index is -1.31. The van der Waals surface area contributed by atoms with Gasteiger partial charge in [0.2, 0.25) is 6.10 Å². The first-order valence-electron chi connectivity index (χ1n) is 22.6. The van der Waals surface area contributed by atoms with E-state index < -0.39 is 60.4 Å². The number of hydrogen-bond acceptors (Lipinski definition) is 13. The summed E-state index contributed by atoms with van der Waals surface area (Å²) in [7, 11) is 0. The normalized spacial score (nSPS) is 19.2. The highest BCUT2D eigenvalue weighted by molar-refractivity contribution is 5.90. The molecule has 1 aromatic carbocycles. The van der Waals surface area contributed by atoms with Crippen molar-refractivity contribution in [2.75, 3.05) is 19.7 Å². The second-order valence-corrected chi connectivity index (χ2v) is 18.7. The van der Waals surface area contributed by atoms with Crippen LogP contribution in [0.15, 0.2) is 53.9 Å². The molecule has 0 saturated carbocycles. The minimum absolute atomic E-state index is 0.120. The molecule has 0 unspecified atom stereocenters. The van der Waals surface area contributed by atoms with Crippen LogP contribution in [0.5, 0.6) is 0 Å². The Morgan fingerprint density at radius 2 is 1.34 bits per heavy atom. The van der Waals surface area contributed by atoms with E-state index in [1.54, 1.807) is 12.1 Å². The maximum absolute atomic E-state index is 13.0. The zero-order valence-electron chi connectivity index (χ0n) is 39.6. The molecule has 16 heteroatoms. The van der Waals surface area contributed by atoms with Crippen LogP contribution in [0.1, 0.15) is 149 Å². The van der Waals surface area contributed by atoms with E-state index in [1.165, 1.54) is 66.9 Å². The van der Waals surface area contributed by atoms with E-state index in [0.29, 0.717) is 12.1 Å². The van der Waals surface area contributed by atoms with Crippen LogP contribution in [0.2, 0.25) is 0 Å². The number of aliphatic imine (C=N–C) groups is 1. The lowest BCUT2D eigenvalue weighted by Crippen LogP contribution is -2.78. The number of hydrogen-bond donors (Lipinski definition) is 1. The molecule has 0 spiro atoms. The molecule has 0 bridgehead atoms. The first-order valence-corrected chi connectivity index (χ1v) is 22.6. The number of ether oxygens (including phenoxy) is 5. The molecular weight excluding hydrogens is 821 g/mol. The number of pyridine rings is 1. The van der Waals surface area contributed by atoms with E-state index in [-0.39, 0.29) is 17.4 Å². The number of nitrogens with zero attached hydrogens (tertiary/aromatic N) is 5. The molecule has 4 rings (SSSR count). The molecule has 0 aliphatic carbocycles. The fourth-order valence-corrected chi connectivity index (χ4v) is 7.48. The molecule has 2 aromatic heterocycles. The number of esters is 4. The molecule has 1 fully saturated rings. The average Bonchev–Trinajstić information content (AvgIpc) is 3.67. The van der Waals surface area contributed by atoms with Gasteiger partial charge in [-0.05, 0) is 71.9 Å². The lowest BCUT2D eigenvalue weighted by atomic mass is 9.80. The average molecular weight is 892 g/mol. The van der Waals surface area contributed by atoms with Crippen LogP contribution in [0.3, 0.4) is 0 Å². The molecule has 3 heterocycles. The minimum Gasteiger partial charge on any atom is -0.858 e. The van der Waals surface area contributed by atoms with Gasteiger partial charge in [-0.2, -0.15) is 4.57 Å². The summed E-state index contributed by atoms with van der Waals surface area (Å²) in [6, 6.07) is 10.2. The van der Waals surface area contributed by atoms with Gasteiger partial charge in [0.1, 0.15) is 18.4 Å². The number of unbranched alkanes of at least 4 members (excludes halogenated alkanes) is 6. The van der Waals surface area contributed by atoms with Gasteiger partial charge < -0.3 is 39.1 Å². The van der Waals surface area contributed by atoms with Crippen LogP contribution in [-0.2, 0) is 66.7 Å². The van der Waals surface area contributed by atoms with Gasteiger partial charge in [-0.15, -0.1) is 5.10 Å². The summed E-state index contributed by atoms with van der Waals surface area (Å²) in [6.45, 7) is 20.3. The Morgan fingerprint density at radius 3 is 1.95 bits per heavy atom. The van der Waals surface area contributed by atoms with Crippen molar-refractivity contribution in [1.29, 1.82) is 0 Å². The quantitative estimate of drug-likeness (QED) is 0.0276. The molecule has 1 saturated heterocycles. The van der Waals surface area contributed by atoms with Crippen LogP contribution in [0.25, 0.3) is 0 Å². The van der Waals surface area contributed by atoms with Crippen LogP contribution < -0.4 is 15.0 Å². The number of quaternary nitrogens is 1. The highest BCUT2D eigenvalue weighted by atomic mass is 16.7. The molecule has 16 nitrogen and oxygen atoms in total. The summed E-state index contributed by atoms with van der Waals surface area (Å²) >= 11 is 0. The lowest BCUT2D eigenvalue weighted by molar-refractivity contribution is -0.777. The molecule has 0 amide bonds. The standard InChI is InChI=1S/C48H70N6O10/c1-32(55)60-31-41-42(61-33(2)56)43(62-34(3)57)44(63-35(4)58)46(64-41)53-25-20-36(21-26-53)45(59)50-23-17-13-14-18-24-54-30-39(51-52-54)19-15-11-12-16-22-49-40-28-37(47(5,6)7)27-38(29-40)48(8,9)10/h20-21,25-30,41-44,46,49H,11-19,22-24,31H2,1-10H3/p+1/t41-,42-,43+,44+,46+/m1/s1. The first kappa shape index (κ1) is 51.4. The molecule has 0 radical (unpaired) electrons. The van der Waals surface area contributed by atoms with Gasteiger partial charge in [-0.1, -0.05) is 72.1 Å². The summed E-state index contributed by atoms with van der Waals surface area (Å²) < 4.78 is 31.3. The summed E-state index contributed by atoms with van der Waals surface area (Å²) in [5, 5.41) is 24.1. The summed E-state index contributed by atoms with van der Waals surface area (Å²) in [5.41, 5.74) is 5.71. The fraction of sp³-hybridized carbons (Fsp3) is 0.625. The number of nitrogens with two attached hydrogens (primary N) is 1. The Labute approximate surface area is 378 Å². The molecule has 1 aliphatic heterocycles. The van der Waals surface area contributed by atoms with Crippen LogP contribution in [0, 0.1) is 0 Å². The smallest absolute Gasteiger partial charge is 0.304 e. The van der Waals surface area contributed by atoms with E-state index in [4.69, 9.17) is 23.7 Å². The number of benzene rings is 1. The predicted octanol–water partition coefficient (Wildman–Crippen LogP) is 4.78. The Balaban J connectivity index is 1.18. The van der Waals surface area contributed by atoms with Crippen molar-refractivity contribution in [3.8, 4) is 0 Å². The number of aryl methyl sites for hydroxylation is 2. The van der Waals surface area contributed by atoms with Gasteiger partial charge in [-0.3, -0.25) is 23.9 Å². The third kappa shape index (κ3) is 16.7. The second-order valence-electron chi connectivity index (χ2n) is 18.7. The lowest BCUT2D eigenvalue weighted by Gasteiger charge is -2.41. The Bertz CT molecular complexity index is 1990. The van der Waals surface area contributed by atoms with E-state index in [1.807, 2.05) is 4.68 Å². The van der Waals surface area contributed by atoms with Crippen molar-refractivity contribution < 1.29 is 57.9 Å². The number of carbonyl (C=O) groups excluding carboxylic acids is 4. The second kappa shape index (κ2) is 24.2. The predicted molar refractivity (Wildman–Crippen MR) is 236 cm³/mol. The molecule has 64 heavy (non-hydrogen) atoms. The van der Waals surface area contributed by atoms with E-state index in [9.17, 15) is 24.3 Å². The highest BCUT2D eigenvalue weighted by Gasteiger charge is 2.56. The van der Waals surface area contributed by atoms with Crippen molar-refractivity contribution >= 4 is 35.5 Å². The van der Waals surface area contributed by atoms with E-state index >= 15 is 0 Å². The third-order valence-electron chi connectivity index (χ3n) is 11.0. The molecular formula is C48H71N6O10+. The van der Waals surface area contributed by atoms with Crippen LogP contribution in [-0.4, -0.2) is 88.9 Å². The SMILES string of the molecule is CC(=O)OC[C@H]1O[C@H]([n+]2ccc(C([O-])=NCCCCCCn3cc(CCCCCC[NH2+]c4cc(C(C)(C)C)cc(C(C)(C)C)c4)nn3)cc2)[C@@H](OC(C)=O)[C@@H](OC(C)=O)[C@@H]1OC(C)=O. The molecule has 5 atom stereocenters. The number of carbonyl (C=O) groups is 4. The van der Waals surface area contributed by atoms with Gasteiger partial charge in [0.05, 0.1) is 12.2 Å². The van der Waals surface area contributed by atoms with Gasteiger partial charge in [-0.25, -0.2) is 0 Å². The van der Waals surface area contributed by atoms with E-state index in [2.05, 4.69) is 86.6 Å². The first-order chi connectivity index (χ1) is 30.2. The number of aromatic nitrogens is 4. The highest BCUT2D eigenvalue weighted by Crippen LogP contribution is 2.33. The number of rotatable bonds is 22. The van der Waals surface area contributed by atoms with Gasteiger partial charge in [0.15, 0.2) is 24.6 Å². The monoisotopic (exact) mass is 892 g/mol. The Hall–Kier alpha value is -5.22. The molecule has 352 valence electrons. The van der Waals surface area contributed by atoms with Crippen LogP contribution in [0.4, 0.5) is 5.69 Å². The summed E-state index contributed by atoms with van der Waals surface area (Å²) in [6.07, 6.45) is 8.19. The maximum Gasteiger partial charge on any atom is 0.304 e. The fourth-order valence-electron chi connectivity index (χ4n) is 7.48. The Morgan fingerprint density at radius 1 is 0.766 bits per heavy atom. The molecule has 2 N–H and O–H groups in total. The van der Waals surface area contributed by atoms with Crippen molar-refractivity contribution in [2.24, 2.45) is 4.99 Å². The molecule has 1 aliphatic rings. The zero-order chi connectivity index (χ0) is 47.0. The van der Waals surface area contributed by atoms with Crippen molar-refractivity contribution in [1.82, 2.24) is 15.0 Å². The van der Waals surface area contributed by atoms with Crippen molar-refractivity contribution in [2.45, 2.75) is 175 Å². The van der Waals surface area contributed by atoms with Crippen molar-refractivity contribution in [3.05, 3.63) is 71.3 Å². The largest absolute Gasteiger partial charge is 0.858 e. The molecule has 3 aromatic rings. The van der Waals surface area contributed by atoms with Gasteiger partial charge in [0, 0.05) is 71.2 Å². The zero-order valence-corrected chi connectivity index (χ0v) is 39.6. The van der Waals surface area contributed by atoms with E-state index in [0.717, 1.165) is 71.2 Å². The third-order valence-corrected chi connectivity index (χ3v) is 11.0. The van der Waals surface area contributed by atoms with Crippen molar-refractivity contribution in [3.63, 3.8) is 0 Å². The van der Waals surface area contributed by atoms with Gasteiger partial charge >= 0.3 is 30.1 Å². The Kier molecular flexibility index (Phi) is 19.4.